The zero-order valence-corrected chi connectivity index (χ0v) is 7.14. The molecule has 2 heteroatoms. The predicted octanol–water partition coefficient (Wildman–Crippen LogP) is 0.644. The molecule has 0 bridgehead atoms. The third-order valence-electron chi connectivity index (χ3n) is 2.26. The van der Waals surface area contributed by atoms with E-state index in [0.717, 1.165) is 0 Å². The monoisotopic (exact) mass is 142 g/mol. The van der Waals surface area contributed by atoms with Gasteiger partial charge in [-0.15, -0.1) is 0 Å². The highest BCUT2D eigenvalue weighted by molar-refractivity contribution is 4.65. The second kappa shape index (κ2) is 3.94. The lowest BCUT2D eigenvalue weighted by Crippen LogP contribution is -2.28. The molecular weight excluding hydrogens is 124 g/mol. The molecule has 0 aromatic carbocycles. The SMILES string of the molecule is CCN1CCCN(C)CC1. The van der Waals surface area contributed by atoms with Crippen LogP contribution in [0.25, 0.3) is 0 Å². The van der Waals surface area contributed by atoms with Gasteiger partial charge < -0.3 is 9.80 Å². The van der Waals surface area contributed by atoms with Crippen molar-refractivity contribution in [3.8, 4) is 0 Å². The first-order chi connectivity index (χ1) is 4.83. The van der Waals surface area contributed by atoms with E-state index in [-0.39, 0.29) is 0 Å². The fourth-order valence-electron chi connectivity index (χ4n) is 1.42. The summed E-state index contributed by atoms with van der Waals surface area (Å²) < 4.78 is 0. The van der Waals surface area contributed by atoms with Gasteiger partial charge >= 0.3 is 0 Å². The summed E-state index contributed by atoms with van der Waals surface area (Å²) in [4.78, 5) is 4.93. The topological polar surface area (TPSA) is 6.48 Å². The van der Waals surface area contributed by atoms with Crippen molar-refractivity contribution in [1.82, 2.24) is 9.80 Å². The Bertz CT molecular complexity index is 93.3. The van der Waals surface area contributed by atoms with E-state index in [1.165, 1.54) is 39.1 Å². The number of hydrogen-bond donors (Lipinski definition) is 0. The van der Waals surface area contributed by atoms with Crippen molar-refractivity contribution in [2.75, 3.05) is 39.8 Å². The van der Waals surface area contributed by atoms with Gasteiger partial charge in [-0.3, -0.25) is 0 Å². The van der Waals surface area contributed by atoms with Gasteiger partial charge in [0.1, 0.15) is 0 Å². The molecule has 0 spiro atoms. The molecule has 1 heterocycles. The molecule has 0 amide bonds. The highest BCUT2D eigenvalue weighted by Gasteiger charge is 2.08. The quantitative estimate of drug-likeness (QED) is 0.530. The van der Waals surface area contributed by atoms with Crippen molar-refractivity contribution in [2.45, 2.75) is 13.3 Å². The lowest BCUT2D eigenvalue weighted by molar-refractivity contribution is 0.289. The van der Waals surface area contributed by atoms with Crippen LogP contribution in [0.5, 0.6) is 0 Å². The average Bonchev–Trinajstić information content (AvgIpc) is 2.14. The van der Waals surface area contributed by atoms with Crippen LogP contribution in [0.1, 0.15) is 13.3 Å². The van der Waals surface area contributed by atoms with Crippen LogP contribution in [0, 0.1) is 0 Å². The molecule has 0 aromatic rings. The molecular formula is C8H18N2. The van der Waals surface area contributed by atoms with E-state index in [0.29, 0.717) is 0 Å². The molecule has 1 aliphatic rings. The van der Waals surface area contributed by atoms with Crippen LogP contribution in [0.3, 0.4) is 0 Å². The summed E-state index contributed by atoms with van der Waals surface area (Å²) in [7, 11) is 2.21. The Morgan fingerprint density at radius 3 is 2.60 bits per heavy atom. The number of rotatable bonds is 1. The Morgan fingerprint density at radius 2 is 1.90 bits per heavy atom. The van der Waals surface area contributed by atoms with Gasteiger partial charge in [-0.05, 0) is 33.1 Å². The van der Waals surface area contributed by atoms with Crippen LogP contribution in [0.15, 0.2) is 0 Å². The highest BCUT2D eigenvalue weighted by atomic mass is 15.2. The van der Waals surface area contributed by atoms with E-state index in [9.17, 15) is 0 Å². The van der Waals surface area contributed by atoms with Gasteiger partial charge in [0.2, 0.25) is 0 Å². The van der Waals surface area contributed by atoms with Crippen molar-refractivity contribution in [2.24, 2.45) is 0 Å². The van der Waals surface area contributed by atoms with E-state index >= 15 is 0 Å². The van der Waals surface area contributed by atoms with Gasteiger partial charge in [0.25, 0.3) is 0 Å². The van der Waals surface area contributed by atoms with Crippen LogP contribution in [0.4, 0.5) is 0 Å². The summed E-state index contributed by atoms with van der Waals surface area (Å²) >= 11 is 0. The minimum absolute atomic E-state index is 1.22. The van der Waals surface area contributed by atoms with Crippen molar-refractivity contribution < 1.29 is 0 Å². The maximum atomic E-state index is 2.52. The number of likely N-dealkylation sites (N-methyl/N-ethyl adjacent to an activating group) is 2. The van der Waals surface area contributed by atoms with Crippen molar-refractivity contribution in [1.29, 1.82) is 0 Å². The van der Waals surface area contributed by atoms with Gasteiger partial charge in [0, 0.05) is 13.1 Å². The van der Waals surface area contributed by atoms with E-state index in [1.807, 2.05) is 0 Å². The molecule has 0 N–H and O–H groups in total. The normalized spacial score (nSPS) is 24.6. The standard InChI is InChI=1S/C8H18N2/c1-3-10-6-4-5-9(2)7-8-10/h3-8H2,1-2H3. The minimum atomic E-state index is 1.22. The average molecular weight is 142 g/mol. The summed E-state index contributed by atoms with van der Waals surface area (Å²) in [6.07, 6.45) is 1.34. The molecule has 0 saturated carbocycles. The predicted molar refractivity (Wildman–Crippen MR) is 44.2 cm³/mol. The molecule has 1 saturated heterocycles. The molecule has 0 atom stereocenters. The Hall–Kier alpha value is -0.0800. The van der Waals surface area contributed by atoms with Gasteiger partial charge in [-0.1, -0.05) is 6.92 Å². The van der Waals surface area contributed by atoms with Crippen molar-refractivity contribution >= 4 is 0 Å². The van der Waals surface area contributed by atoms with Gasteiger partial charge in [-0.2, -0.15) is 0 Å². The van der Waals surface area contributed by atoms with Crippen molar-refractivity contribution in [3.05, 3.63) is 0 Å². The smallest absolute Gasteiger partial charge is 0.0109 e. The fourth-order valence-corrected chi connectivity index (χ4v) is 1.42. The summed E-state index contributed by atoms with van der Waals surface area (Å²) in [5.74, 6) is 0. The molecule has 1 aliphatic heterocycles. The zero-order valence-electron chi connectivity index (χ0n) is 7.14. The lowest BCUT2D eigenvalue weighted by atomic mass is 10.4. The summed E-state index contributed by atoms with van der Waals surface area (Å²) in [6, 6.07) is 0. The first-order valence-electron chi connectivity index (χ1n) is 4.24. The minimum Gasteiger partial charge on any atom is -0.305 e. The van der Waals surface area contributed by atoms with Crippen LogP contribution >= 0.6 is 0 Å². The second-order valence-corrected chi connectivity index (χ2v) is 3.09. The number of hydrogen-bond acceptors (Lipinski definition) is 2. The van der Waals surface area contributed by atoms with Crippen LogP contribution in [-0.4, -0.2) is 49.6 Å². The Morgan fingerprint density at radius 1 is 1.10 bits per heavy atom. The summed E-state index contributed by atoms with van der Waals surface area (Å²) in [5.41, 5.74) is 0. The largest absolute Gasteiger partial charge is 0.305 e. The Labute approximate surface area is 63.8 Å². The molecule has 0 radical (unpaired) electrons. The second-order valence-electron chi connectivity index (χ2n) is 3.09. The summed E-state index contributed by atoms with van der Waals surface area (Å²) in [6.45, 7) is 8.53. The first kappa shape index (κ1) is 8.02. The fraction of sp³-hybridized carbons (Fsp3) is 1.00. The van der Waals surface area contributed by atoms with Gasteiger partial charge in [-0.25, -0.2) is 0 Å². The molecule has 0 aromatic heterocycles. The molecule has 1 fully saturated rings. The highest BCUT2D eigenvalue weighted by Crippen LogP contribution is 1.99. The van der Waals surface area contributed by atoms with E-state index < -0.39 is 0 Å². The van der Waals surface area contributed by atoms with Crippen LogP contribution in [-0.2, 0) is 0 Å². The van der Waals surface area contributed by atoms with Crippen LogP contribution in [0.2, 0.25) is 0 Å². The van der Waals surface area contributed by atoms with Crippen molar-refractivity contribution in [3.63, 3.8) is 0 Å². The van der Waals surface area contributed by atoms with E-state index in [2.05, 4.69) is 23.8 Å². The third kappa shape index (κ3) is 2.27. The maximum Gasteiger partial charge on any atom is 0.0109 e. The van der Waals surface area contributed by atoms with E-state index in [1.54, 1.807) is 0 Å². The molecule has 60 valence electrons. The zero-order chi connectivity index (χ0) is 7.40. The third-order valence-corrected chi connectivity index (χ3v) is 2.26. The Kier molecular flexibility index (Phi) is 3.16. The number of nitrogens with zero attached hydrogens (tertiary/aromatic N) is 2. The lowest BCUT2D eigenvalue weighted by Gasteiger charge is -2.16. The molecule has 0 unspecified atom stereocenters. The molecule has 2 nitrogen and oxygen atoms in total. The first-order valence-corrected chi connectivity index (χ1v) is 4.24. The van der Waals surface area contributed by atoms with Gasteiger partial charge in [0.05, 0.1) is 0 Å². The molecule has 10 heavy (non-hydrogen) atoms. The molecule has 1 rings (SSSR count). The van der Waals surface area contributed by atoms with E-state index in [4.69, 9.17) is 0 Å². The van der Waals surface area contributed by atoms with Gasteiger partial charge in [0.15, 0.2) is 0 Å². The molecule has 0 aliphatic carbocycles. The Balaban J connectivity index is 2.26. The summed E-state index contributed by atoms with van der Waals surface area (Å²) in [5, 5.41) is 0. The van der Waals surface area contributed by atoms with Crippen LogP contribution < -0.4 is 0 Å². The maximum absolute atomic E-state index is 2.52.